The molecule has 0 bridgehead atoms. The Kier molecular flexibility index (Phi) is 6.95. The summed E-state index contributed by atoms with van der Waals surface area (Å²) in [6, 6.07) is 6.41. The summed E-state index contributed by atoms with van der Waals surface area (Å²) in [7, 11) is -3.55. The Labute approximate surface area is 147 Å². The highest BCUT2D eigenvalue weighted by atomic mass is 32.2. The first kappa shape index (κ1) is 19.4. The predicted octanol–water partition coefficient (Wildman–Crippen LogP) is 0.997. The number of carbonyl (C=O) groups is 2. The molecule has 0 aromatic heterocycles. The highest BCUT2D eigenvalue weighted by molar-refractivity contribution is 7.91. The van der Waals surface area contributed by atoms with E-state index in [1.54, 1.807) is 12.1 Å². The van der Waals surface area contributed by atoms with Crippen LogP contribution in [0.5, 0.6) is 0 Å². The maximum Gasteiger partial charge on any atom is 0.307 e. The van der Waals surface area contributed by atoms with Gasteiger partial charge in [-0.3, -0.25) is 9.59 Å². The molecule has 1 amide bonds. The second-order valence-corrected chi connectivity index (χ2v) is 8.09. The van der Waals surface area contributed by atoms with E-state index in [-0.39, 0.29) is 23.2 Å². The fourth-order valence-electron chi connectivity index (χ4n) is 2.38. The molecule has 0 radical (unpaired) electrons. The minimum Gasteiger partial charge on any atom is -0.456 e. The van der Waals surface area contributed by atoms with Crippen molar-refractivity contribution in [1.29, 1.82) is 0 Å². The zero-order valence-corrected chi connectivity index (χ0v) is 15.0. The minimum atomic E-state index is -3.55. The van der Waals surface area contributed by atoms with Gasteiger partial charge in [0.05, 0.1) is 23.2 Å². The molecule has 138 valence electrons. The van der Waals surface area contributed by atoms with Crippen molar-refractivity contribution in [2.45, 2.75) is 37.2 Å². The van der Waals surface area contributed by atoms with Crippen LogP contribution in [-0.4, -0.2) is 51.9 Å². The Morgan fingerprint density at radius 2 is 2.00 bits per heavy atom. The Hall–Kier alpha value is -1.93. The van der Waals surface area contributed by atoms with Crippen molar-refractivity contribution in [2.75, 3.05) is 25.5 Å². The Morgan fingerprint density at radius 3 is 2.64 bits per heavy atom. The van der Waals surface area contributed by atoms with E-state index < -0.39 is 28.3 Å². The van der Waals surface area contributed by atoms with Gasteiger partial charge in [-0.25, -0.2) is 8.42 Å². The van der Waals surface area contributed by atoms with Crippen LogP contribution in [0.15, 0.2) is 29.2 Å². The van der Waals surface area contributed by atoms with E-state index in [4.69, 9.17) is 9.47 Å². The average Bonchev–Trinajstić information content (AvgIpc) is 3.10. The second kappa shape index (κ2) is 8.96. The molecule has 1 N–H and O–H groups in total. The van der Waals surface area contributed by atoms with Gasteiger partial charge in [0, 0.05) is 13.2 Å². The van der Waals surface area contributed by atoms with Crippen LogP contribution in [0.2, 0.25) is 0 Å². The van der Waals surface area contributed by atoms with Gasteiger partial charge >= 0.3 is 5.97 Å². The van der Waals surface area contributed by atoms with Crippen molar-refractivity contribution in [3.05, 3.63) is 29.8 Å². The van der Waals surface area contributed by atoms with Gasteiger partial charge in [-0.2, -0.15) is 0 Å². The Morgan fingerprint density at radius 1 is 1.28 bits per heavy atom. The minimum absolute atomic E-state index is 0.0132. The molecule has 1 unspecified atom stereocenters. The van der Waals surface area contributed by atoms with E-state index in [9.17, 15) is 18.0 Å². The summed E-state index contributed by atoms with van der Waals surface area (Å²) in [5, 5.41) is 2.62. The van der Waals surface area contributed by atoms with Crippen LogP contribution in [0.4, 0.5) is 0 Å². The lowest BCUT2D eigenvalue weighted by Gasteiger charge is -2.11. The SMILES string of the molecule is Cc1ccc(S(=O)(=O)CCC(=O)OCC(=O)NCC2CCCO2)cc1. The number of rotatable bonds is 8. The molecule has 1 heterocycles. The zero-order chi connectivity index (χ0) is 18.3. The van der Waals surface area contributed by atoms with Crippen molar-refractivity contribution in [3.8, 4) is 0 Å². The number of hydrogen-bond donors (Lipinski definition) is 1. The zero-order valence-electron chi connectivity index (χ0n) is 14.2. The molecule has 1 aliphatic rings. The van der Waals surface area contributed by atoms with E-state index in [0.29, 0.717) is 13.2 Å². The molecule has 25 heavy (non-hydrogen) atoms. The number of aryl methyl sites for hydroxylation is 1. The first-order valence-electron chi connectivity index (χ1n) is 8.20. The highest BCUT2D eigenvalue weighted by Gasteiger charge is 2.19. The summed E-state index contributed by atoms with van der Waals surface area (Å²) in [5.41, 5.74) is 0.951. The van der Waals surface area contributed by atoms with Gasteiger partial charge in [0.1, 0.15) is 0 Å². The summed E-state index contributed by atoms with van der Waals surface area (Å²) in [5.74, 6) is -1.50. The van der Waals surface area contributed by atoms with E-state index in [1.165, 1.54) is 12.1 Å². The number of esters is 1. The number of benzene rings is 1. The topological polar surface area (TPSA) is 98.8 Å². The van der Waals surface area contributed by atoms with Gasteiger partial charge in [-0.1, -0.05) is 17.7 Å². The van der Waals surface area contributed by atoms with Crippen LogP contribution in [0.1, 0.15) is 24.8 Å². The molecule has 0 spiro atoms. The Balaban J connectivity index is 1.69. The third-order valence-electron chi connectivity index (χ3n) is 3.87. The monoisotopic (exact) mass is 369 g/mol. The van der Waals surface area contributed by atoms with Crippen LogP contribution in [0.25, 0.3) is 0 Å². The van der Waals surface area contributed by atoms with E-state index in [0.717, 1.165) is 18.4 Å². The molecule has 2 rings (SSSR count). The van der Waals surface area contributed by atoms with E-state index >= 15 is 0 Å². The molecule has 1 aliphatic heterocycles. The largest absolute Gasteiger partial charge is 0.456 e. The van der Waals surface area contributed by atoms with Crippen LogP contribution < -0.4 is 5.32 Å². The number of amides is 1. The van der Waals surface area contributed by atoms with Crippen molar-refractivity contribution in [3.63, 3.8) is 0 Å². The molecule has 1 saturated heterocycles. The summed E-state index contributed by atoms with van der Waals surface area (Å²) in [6.45, 7) is 2.52. The van der Waals surface area contributed by atoms with Crippen molar-refractivity contribution in [1.82, 2.24) is 5.32 Å². The van der Waals surface area contributed by atoms with Gasteiger partial charge in [-0.05, 0) is 31.9 Å². The first-order chi connectivity index (χ1) is 11.9. The third-order valence-corrected chi connectivity index (χ3v) is 5.60. The standard InChI is InChI=1S/C17H23NO6S/c1-13-4-6-15(7-5-13)25(21,22)10-8-17(20)24-12-16(19)18-11-14-3-2-9-23-14/h4-7,14H,2-3,8-12H2,1H3,(H,18,19). The summed E-state index contributed by atoms with van der Waals surface area (Å²) < 4.78 is 34.4. The molecule has 0 saturated carbocycles. The first-order valence-corrected chi connectivity index (χ1v) is 9.85. The van der Waals surface area contributed by atoms with Gasteiger partial charge in [0.2, 0.25) is 0 Å². The fraction of sp³-hybridized carbons (Fsp3) is 0.529. The van der Waals surface area contributed by atoms with E-state index in [1.807, 2.05) is 6.92 Å². The maximum absolute atomic E-state index is 12.1. The molecular formula is C17H23NO6S. The number of carbonyl (C=O) groups excluding carboxylic acids is 2. The van der Waals surface area contributed by atoms with E-state index in [2.05, 4.69) is 5.32 Å². The molecule has 0 aliphatic carbocycles. The van der Waals surface area contributed by atoms with Gasteiger partial charge in [-0.15, -0.1) is 0 Å². The smallest absolute Gasteiger partial charge is 0.307 e. The third kappa shape index (κ3) is 6.47. The maximum atomic E-state index is 12.1. The summed E-state index contributed by atoms with van der Waals surface area (Å²) >= 11 is 0. The average molecular weight is 369 g/mol. The quantitative estimate of drug-likeness (QED) is 0.687. The molecule has 1 aromatic rings. The van der Waals surface area contributed by atoms with Gasteiger partial charge < -0.3 is 14.8 Å². The summed E-state index contributed by atoms with van der Waals surface area (Å²) in [4.78, 5) is 23.4. The number of sulfone groups is 1. The number of hydrogen-bond acceptors (Lipinski definition) is 6. The lowest BCUT2D eigenvalue weighted by molar-refractivity contribution is -0.148. The molecule has 1 fully saturated rings. The van der Waals surface area contributed by atoms with Crippen LogP contribution in [0, 0.1) is 6.92 Å². The van der Waals surface area contributed by atoms with Gasteiger partial charge in [0.15, 0.2) is 16.4 Å². The van der Waals surface area contributed by atoms with Crippen molar-refractivity contribution >= 4 is 21.7 Å². The molecule has 7 nitrogen and oxygen atoms in total. The lowest BCUT2D eigenvalue weighted by Crippen LogP contribution is -2.34. The molecular weight excluding hydrogens is 346 g/mol. The second-order valence-electron chi connectivity index (χ2n) is 5.98. The molecule has 1 atom stereocenters. The molecule has 1 aromatic carbocycles. The number of ether oxygens (including phenoxy) is 2. The van der Waals surface area contributed by atoms with Crippen LogP contribution in [0.3, 0.4) is 0 Å². The number of nitrogens with one attached hydrogen (secondary N) is 1. The van der Waals surface area contributed by atoms with Gasteiger partial charge in [0.25, 0.3) is 5.91 Å². The van der Waals surface area contributed by atoms with Crippen LogP contribution in [-0.2, 0) is 28.9 Å². The lowest BCUT2D eigenvalue weighted by atomic mass is 10.2. The molecule has 8 heteroatoms. The Bertz CT molecular complexity index is 692. The predicted molar refractivity (Wildman–Crippen MR) is 90.8 cm³/mol. The van der Waals surface area contributed by atoms with Crippen LogP contribution >= 0.6 is 0 Å². The highest BCUT2D eigenvalue weighted by Crippen LogP contribution is 2.13. The van der Waals surface area contributed by atoms with Crippen molar-refractivity contribution < 1.29 is 27.5 Å². The summed E-state index contributed by atoms with van der Waals surface area (Å²) in [6.07, 6.45) is 1.59. The normalized spacial score (nSPS) is 17.2. The van der Waals surface area contributed by atoms with Crippen molar-refractivity contribution in [2.24, 2.45) is 0 Å². The fourth-order valence-corrected chi connectivity index (χ4v) is 3.61.